The fourth-order valence-corrected chi connectivity index (χ4v) is 4.71. The van der Waals surface area contributed by atoms with Crippen molar-refractivity contribution in [3.05, 3.63) is 108 Å². The van der Waals surface area contributed by atoms with E-state index >= 15 is 0 Å². The maximum absolute atomic E-state index is 12.5. The lowest BCUT2D eigenvalue weighted by atomic mass is 9.99. The zero-order chi connectivity index (χ0) is 27.9. The lowest BCUT2D eigenvalue weighted by Crippen LogP contribution is -2.21. The third-order valence-electron chi connectivity index (χ3n) is 6.53. The van der Waals surface area contributed by atoms with Gasteiger partial charge in [-0.15, -0.1) is 0 Å². The Morgan fingerprint density at radius 2 is 1.95 bits per heavy atom. The van der Waals surface area contributed by atoms with E-state index in [0.29, 0.717) is 32.1 Å². The van der Waals surface area contributed by atoms with Crippen molar-refractivity contribution in [1.82, 2.24) is 9.55 Å². The van der Waals surface area contributed by atoms with Crippen LogP contribution in [0.5, 0.6) is 5.75 Å². The van der Waals surface area contributed by atoms with Gasteiger partial charge in [-0.05, 0) is 53.9 Å². The van der Waals surface area contributed by atoms with Gasteiger partial charge < -0.3 is 28.9 Å². The van der Waals surface area contributed by atoms with Crippen LogP contribution in [0.3, 0.4) is 0 Å². The molecule has 1 unspecified atom stereocenters. The number of esters is 1. The number of furan rings is 1. The van der Waals surface area contributed by atoms with Crippen molar-refractivity contribution in [1.29, 1.82) is 0 Å². The molecule has 0 saturated heterocycles. The predicted octanol–water partition coefficient (Wildman–Crippen LogP) is 5.50. The average molecular weight is 540 g/mol. The van der Waals surface area contributed by atoms with Crippen LogP contribution in [-0.4, -0.2) is 35.3 Å². The van der Waals surface area contributed by atoms with E-state index < -0.39 is 0 Å². The minimum Gasteiger partial charge on any atom is -0.489 e. The first-order valence-electron chi connectivity index (χ1n) is 13.2. The summed E-state index contributed by atoms with van der Waals surface area (Å²) in [7, 11) is 1.58. The van der Waals surface area contributed by atoms with E-state index in [1.807, 2.05) is 47.2 Å². The molecule has 0 aliphatic rings. The number of methoxy groups -OCH3 is 1. The number of hydrogen-bond donors (Lipinski definition) is 1. The predicted molar refractivity (Wildman–Crippen MR) is 153 cm³/mol. The number of carbonyl (C=O) groups is 1. The minimum atomic E-state index is -0.326. The number of carbonyl (C=O) groups excluding carboxylic acids is 1. The summed E-state index contributed by atoms with van der Waals surface area (Å²) in [5.41, 5.74) is 11.5. The van der Waals surface area contributed by atoms with Crippen LogP contribution in [0.25, 0.3) is 22.1 Å². The molecule has 8 heteroatoms. The second kappa shape index (κ2) is 12.6. The Balaban J connectivity index is 1.42. The van der Waals surface area contributed by atoms with Crippen LogP contribution in [0.15, 0.2) is 89.9 Å². The number of nitrogens with zero attached hydrogens (tertiary/aromatic N) is 2. The van der Waals surface area contributed by atoms with E-state index in [9.17, 15) is 4.79 Å². The quantitative estimate of drug-likeness (QED) is 0.209. The second-order valence-corrected chi connectivity index (χ2v) is 9.74. The molecule has 0 aliphatic carbocycles. The molecule has 0 radical (unpaired) electrons. The average Bonchev–Trinajstić information content (AvgIpc) is 3.62. The van der Waals surface area contributed by atoms with Gasteiger partial charge in [-0.2, -0.15) is 0 Å². The van der Waals surface area contributed by atoms with Gasteiger partial charge in [0.15, 0.2) is 0 Å². The van der Waals surface area contributed by atoms with E-state index in [1.54, 1.807) is 26.6 Å². The first kappa shape index (κ1) is 27.2. The molecule has 0 saturated carbocycles. The number of aromatic nitrogens is 2. The van der Waals surface area contributed by atoms with E-state index in [4.69, 9.17) is 24.4 Å². The largest absolute Gasteiger partial charge is 0.489 e. The number of hydrogen-bond acceptors (Lipinski definition) is 7. The normalized spacial score (nSPS) is 12.0. The number of rotatable bonds is 12. The van der Waals surface area contributed by atoms with Crippen LogP contribution in [-0.2, 0) is 40.4 Å². The van der Waals surface area contributed by atoms with Crippen molar-refractivity contribution in [2.75, 3.05) is 13.7 Å². The van der Waals surface area contributed by atoms with Crippen molar-refractivity contribution in [2.45, 2.75) is 39.1 Å². The Labute approximate surface area is 233 Å². The number of para-hydroxylation sites is 1. The molecule has 206 valence electrons. The molecule has 40 heavy (non-hydrogen) atoms. The van der Waals surface area contributed by atoms with E-state index in [2.05, 4.69) is 35.3 Å². The molecule has 0 bridgehead atoms. The van der Waals surface area contributed by atoms with E-state index in [0.717, 1.165) is 44.5 Å². The molecule has 0 fully saturated rings. The van der Waals surface area contributed by atoms with E-state index in [-0.39, 0.29) is 18.5 Å². The lowest BCUT2D eigenvalue weighted by molar-refractivity contribution is -0.149. The highest BCUT2D eigenvalue weighted by atomic mass is 16.6. The number of fused-ring (bicyclic) bond motifs is 1. The summed E-state index contributed by atoms with van der Waals surface area (Å²) in [4.78, 5) is 16.6. The SMILES string of the molecule is COCC(C)OC(=O)Cc1ccccc1OCc1cc(-c2cccc(CN)c2)c2oc(Cn3ccnc3)cc2c1. The Morgan fingerprint density at radius 1 is 1.07 bits per heavy atom. The summed E-state index contributed by atoms with van der Waals surface area (Å²) in [6, 6.07) is 21.9. The first-order chi connectivity index (χ1) is 19.5. The number of imidazole rings is 1. The van der Waals surface area contributed by atoms with E-state index in [1.165, 1.54) is 0 Å². The third kappa shape index (κ3) is 6.59. The standard InChI is InChI=1S/C32H33N3O5/c1-22(19-37-2)39-31(36)16-26-7-3-4-9-30(26)38-20-24-13-27-15-28(18-35-11-10-34-21-35)40-32(27)29(14-24)25-8-5-6-23(12-25)17-33/h3-15,21-22H,16-20,33H2,1-2H3. The minimum absolute atomic E-state index is 0.111. The highest BCUT2D eigenvalue weighted by Crippen LogP contribution is 2.34. The van der Waals surface area contributed by atoms with Crippen LogP contribution in [0.1, 0.15) is 29.4 Å². The first-order valence-corrected chi connectivity index (χ1v) is 13.2. The van der Waals surface area contributed by atoms with Crippen molar-refractivity contribution in [3.8, 4) is 16.9 Å². The molecule has 8 nitrogen and oxygen atoms in total. The molecule has 0 amide bonds. The molecular formula is C32H33N3O5. The van der Waals surface area contributed by atoms with Gasteiger partial charge in [-0.1, -0.05) is 36.4 Å². The molecule has 2 heterocycles. The summed E-state index contributed by atoms with van der Waals surface area (Å²) in [6.45, 7) is 3.49. The molecule has 2 aromatic heterocycles. The van der Waals surface area contributed by atoms with Gasteiger partial charge in [-0.3, -0.25) is 4.79 Å². The number of benzene rings is 3. The van der Waals surface area contributed by atoms with Crippen LogP contribution >= 0.6 is 0 Å². The van der Waals surface area contributed by atoms with Crippen molar-refractivity contribution >= 4 is 16.9 Å². The Morgan fingerprint density at radius 3 is 2.75 bits per heavy atom. The zero-order valence-electron chi connectivity index (χ0n) is 22.7. The van der Waals surface area contributed by atoms with Gasteiger partial charge in [0, 0.05) is 42.6 Å². The lowest BCUT2D eigenvalue weighted by Gasteiger charge is -2.15. The van der Waals surface area contributed by atoms with Crippen molar-refractivity contribution in [3.63, 3.8) is 0 Å². The maximum atomic E-state index is 12.5. The van der Waals surface area contributed by atoms with Gasteiger partial charge in [0.1, 0.15) is 29.8 Å². The van der Waals surface area contributed by atoms with Crippen LogP contribution in [0.2, 0.25) is 0 Å². The zero-order valence-corrected chi connectivity index (χ0v) is 22.7. The Hall–Kier alpha value is -4.40. The van der Waals surface area contributed by atoms with Crippen molar-refractivity contribution < 1.29 is 23.4 Å². The third-order valence-corrected chi connectivity index (χ3v) is 6.53. The second-order valence-electron chi connectivity index (χ2n) is 9.74. The Bertz CT molecular complexity index is 1580. The van der Waals surface area contributed by atoms with Gasteiger partial charge in [0.25, 0.3) is 0 Å². The molecular weight excluding hydrogens is 506 g/mol. The molecule has 5 aromatic rings. The molecule has 1 atom stereocenters. The fourth-order valence-electron chi connectivity index (χ4n) is 4.71. The summed E-state index contributed by atoms with van der Waals surface area (Å²) in [6.07, 6.45) is 5.22. The van der Waals surface area contributed by atoms with Gasteiger partial charge in [0.05, 0.1) is 25.9 Å². The highest BCUT2D eigenvalue weighted by molar-refractivity contribution is 5.93. The summed E-state index contributed by atoms with van der Waals surface area (Å²) in [5.74, 6) is 1.14. The molecule has 5 rings (SSSR count). The highest BCUT2D eigenvalue weighted by Gasteiger charge is 2.16. The van der Waals surface area contributed by atoms with Gasteiger partial charge in [-0.25, -0.2) is 4.98 Å². The van der Waals surface area contributed by atoms with Crippen LogP contribution in [0.4, 0.5) is 0 Å². The maximum Gasteiger partial charge on any atom is 0.310 e. The van der Waals surface area contributed by atoms with Gasteiger partial charge >= 0.3 is 5.97 Å². The molecule has 0 spiro atoms. The van der Waals surface area contributed by atoms with Crippen molar-refractivity contribution in [2.24, 2.45) is 5.73 Å². The summed E-state index contributed by atoms with van der Waals surface area (Å²) in [5, 5.41) is 0.980. The topological polar surface area (TPSA) is 102 Å². The molecule has 2 N–H and O–H groups in total. The summed E-state index contributed by atoms with van der Waals surface area (Å²) < 4.78 is 25.1. The van der Waals surface area contributed by atoms with Gasteiger partial charge in [0.2, 0.25) is 0 Å². The van der Waals surface area contributed by atoms with Crippen LogP contribution < -0.4 is 10.5 Å². The van der Waals surface area contributed by atoms with Crippen LogP contribution in [0, 0.1) is 0 Å². The fraction of sp³-hybridized carbons (Fsp3) is 0.250. The number of nitrogens with two attached hydrogens (primary N) is 1. The summed E-state index contributed by atoms with van der Waals surface area (Å²) >= 11 is 0. The smallest absolute Gasteiger partial charge is 0.310 e. The Kier molecular flexibility index (Phi) is 8.59. The molecule has 3 aromatic carbocycles. The molecule has 0 aliphatic heterocycles. The number of ether oxygens (including phenoxy) is 3. The monoisotopic (exact) mass is 539 g/mol.